The second-order valence-corrected chi connectivity index (χ2v) is 7.48. The Morgan fingerprint density at radius 2 is 1.71 bits per heavy atom. The highest BCUT2D eigenvalue weighted by atomic mass is 32.2. The molecule has 0 spiro atoms. The Balaban J connectivity index is 2.23. The maximum atomic E-state index is 12.7. The molecule has 0 heterocycles. The van der Waals surface area contributed by atoms with E-state index in [2.05, 4.69) is 11.6 Å². The molecular formula is C19H25NO3S. The fourth-order valence-corrected chi connectivity index (χ4v) is 3.89. The normalized spacial score (nSPS) is 12.8. The highest BCUT2D eigenvalue weighted by Gasteiger charge is 2.19. The molecule has 2 rings (SSSR count). The summed E-state index contributed by atoms with van der Waals surface area (Å²) in [5.74, 6) is 0.708. The van der Waals surface area contributed by atoms with E-state index in [1.165, 1.54) is 5.56 Å². The highest BCUT2D eigenvalue weighted by molar-refractivity contribution is 7.89. The average Bonchev–Trinajstić information content (AvgIpc) is 2.60. The fraction of sp³-hybridized carbons (Fsp3) is 0.368. The minimum Gasteiger partial charge on any atom is -0.496 e. The molecule has 1 atom stereocenters. The van der Waals surface area contributed by atoms with E-state index in [-0.39, 0.29) is 10.9 Å². The first-order valence-electron chi connectivity index (χ1n) is 8.19. The van der Waals surface area contributed by atoms with Crippen LogP contribution in [0, 0.1) is 0 Å². The van der Waals surface area contributed by atoms with E-state index < -0.39 is 10.0 Å². The van der Waals surface area contributed by atoms with Crippen molar-refractivity contribution in [3.05, 3.63) is 59.2 Å². The Kier molecular flexibility index (Phi) is 6.02. The molecule has 0 aromatic heterocycles. The van der Waals surface area contributed by atoms with Gasteiger partial charge in [0.1, 0.15) is 5.75 Å². The molecule has 2 aromatic carbocycles. The van der Waals surface area contributed by atoms with E-state index in [0.29, 0.717) is 12.2 Å². The van der Waals surface area contributed by atoms with Gasteiger partial charge in [-0.05, 0) is 54.7 Å². The molecule has 0 aliphatic carbocycles. The van der Waals surface area contributed by atoms with Crippen molar-refractivity contribution in [3.63, 3.8) is 0 Å². The molecule has 24 heavy (non-hydrogen) atoms. The Morgan fingerprint density at radius 1 is 1.04 bits per heavy atom. The highest BCUT2D eigenvalue weighted by Crippen LogP contribution is 2.24. The average molecular weight is 347 g/mol. The van der Waals surface area contributed by atoms with Gasteiger partial charge in [0.25, 0.3) is 0 Å². The van der Waals surface area contributed by atoms with Crippen molar-refractivity contribution in [3.8, 4) is 5.75 Å². The fourth-order valence-electron chi connectivity index (χ4n) is 2.61. The molecule has 0 unspecified atom stereocenters. The lowest BCUT2D eigenvalue weighted by atomic mass is 10.1. The molecule has 0 fully saturated rings. The van der Waals surface area contributed by atoms with Gasteiger partial charge in [-0.15, -0.1) is 0 Å². The van der Waals surface area contributed by atoms with E-state index >= 15 is 0 Å². The lowest BCUT2D eigenvalue weighted by Gasteiger charge is -2.16. The second kappa shape index (κ2) is 7.81. The van der Waals surface area contributed by atoms with Crippen LogP contribution >= 0.6 is 0 Å². The van der Waals surface area contributed by atoms with Gasteiger partial charge in [0, 0.05) is 6.04 Å². The Morgan fingerprint density at radius 3 is 2.25 bits per heavy atom. The van der Waals surface area contributed by atoms with Gasteiger partial charge in [-0.1, -0.05) is 38.1 Å². The number of methoxy groups -OCH3 is 1. The van der Waals surface area contributed by atoms with Crippen LogP contribution in [-0.2, 0) is 22.9 Å². The lowest BCUT2D eigenvalue weighted by Crippen LogP contribution is -2.27. The number of hydrogen-bond donors (Lipinski definition) is 1. The number of aryl methyl sites for hydroxylation is 2. The van der Waals surface area contributed by atoms with Gasteiger partial charge in [-0.25, -0.2) is 13.1 Å². The zero-order valence-electron chi connectivity index (χ0n) is 14.7. The van der Waals surface area contributed by atoms with Gasteiger partial charge in [0.2, 0.25) is 10.0 Å². The first-order valence-corrected chi connectivity index (χ1v) is 9.67. The largest absolute Gasteiger partial charge is 0.496 e. The molecule has 4 nitrogen and oxygen atoms in total. The molecule has 2 aromatic rings. The summed E-state index contributed by atoms with van der Waals surface area (Å²) < 4.78 is 33.3. The van der Waals surface area contributed by atoms with E-state index in [1.54, 1.807) is 25.3 Å². The van der Waals surface area contributed by atoms with Crippen molar-refractivity contribution in [2.45, 2.75) is 44.6 Å². The summed E-state index contributed by atoms with van der Waals surface area (Å²) in [6.07, 6.45) is 1.67. The molecule has 1 N–H and O–H groups in total. The molecule has 5 heteroatoms. The van der Waals surface area contributed by atoms with E-state index in [1.807, 2.05) is 38.1 Å². The van der Waals surface area contributed by atoms with Crippen LogP contribution in [0.1, 0.15) is 43.5 Å². The van der Waals surface area contributed by atoms with Gasteiger partial charge in [0.15, 0.2) is 0 Å². The summed E-state index contributed by atoms with van der Waals surface area (Å²) in [6, 6.07) is 12.7. The van der Waals surface area contributed by atoms with Crippen LogP contribution in [0.5, 0.6) is 5.75 Å². The van der Waals surface area contributed by atoms with Crippen LogP contribution in [0.2, 0.25) is 0 Å². The number of sulfonamides is 1. The lowest BCUT2D eigenvalue weighted by molar-refractivity contribution is 0.409. The molecule has 0 saturated carbocycles. The minimum absolute atomic E-state index is 0.261. The zero-order valence-corrected chi connectivity index (χ0v) is 15.5. The monoisotopic (exact) mass is 347 g/mol. The van der Waals surface area contributed by atoms with Crippen molar-refractivity contribution in [1.82, 2.24) is 4.72 Å². The van der Waals surface area contributed by atoms with E-state index in [4.69, 9.17) is 4.74 Å². The summed E-state index contributed by atoms with van der Waals surface area (Å²) in [5.41, 5.74) is 3.05. The molecule has 0 radical (unpaired) electrons. The molecule has 0 aliphatic rings. The third kappa shape index (κ3) is 4.16. The van der Waals surface area contributed by atoms with Crippen molar-refractivity contribution in [2.75, 3.05) is 7.11 Å². The van der Waals surface area contributed by atoms with Gasteiger partial charge in [-0.2, -0.15) is 0 Å². The van der Waals surface area contributed by atoms with Gasteiger partial charge in [0.05, 0.1) is 12.0 Å². The number of rotatable bonds is 7. The summed E-state index contributed by atoms with van der Waals surface area (Å²) >= 11 is 0. The van der Waals surface area contributed by atoms with Crippen LogP contribution in [0.25, 0.3) is 0 Å². The van der Waals surface area contributed by atoms with Crippen LogP contribution in [-0.4, -0.2) is 15.5 Å². The smallest absolute Gasteiger partial charge is 0.241 e. The Bertz CT molecular complexity index is 783. The quantitative estimate of drug-likeness (QED) is 0.827. The first kappa shape index (κ1) is 18.5. The molecule has 0 bridgehead atoms. The Hall–Kier alpha value is -1.85. The maximum absolute atomic E-state index is 12.7. The summed E-state index contributed by atoms with van der Waals surface area (Å²) in [7, 11) is -2.00. The van der Waals surface area contributed by atoms with Crippen molar-refractivity contribution < 1.29 is 13.2 Å². The van der Waals surface area contributed by atoms with Crippen LogP contribution in [0.3, 0.4) is 0 Å². The zero-order chi connectivity index (χ0) is 17.7. The Labute approximate surface area is 144 Å². The summed E-state index contributed by atoms with van der Waals surface area (Å²) in [5, 5.41) is 0. The van der Waals surface area contributed by atoms with Gasteiger partial charge < -0.3 is 4.74 Å². The SMILES string of the molecule is CCc1ccc([C@@H](C)NS(=O)(=O)c2ccc(OC)c(CC)c2)cc1. The second-order valence-electron chi connectivity index (χ2n) is 5.77. The third-order valence-corrected chi connectivity index (χ3v) is 5.70. The van der Waals surface area contributed by atoms with Crippen LogP contribution < -0.4 is 9.46 Å². The van der Waals surface area contributed by atoms with Crippen molar-refractivity contribution in [2.24, 2.45) is 0 Å². The first-order chi connectivity index (χ1) is 11.4. The predicted octanol–water partition coefficient (Wildman–Crippen LogP) is 3.86. The van der Waals surface area contributed by atoms with Crippen LogP contribution in [0.4, 0.5) is 0 Å². The van der Waals surface area contributed by atoms with E-state index in [9.17, 15) is 8.42 Å². The van der Waals surface area contributed by atoms with Gasteiger partial charge in [-0.3, -0.25) is 0 Å². The molecule has 130 valence electrons. The van der Waals surface area contributed by atoms with Crippen LogP contribution in [0.15, 0.2) is 47.4 Å². The summed E-state index contributed by atoms with van der Waals surface area (Å²) in [4.78, 5) is 0.261. The predicted molar refractivity (Wildman–Crippen MR) is 96.9 cm³/mol. The molecule has 0 saturated heterocycles. The molecular weight excluding hydrogens is 322 g/mol. The number of hydrogen-bond acceptors (Lipinski definition) is 3. The third-order valence-electron chi connectivity index (χ3n) is 4.16. The number of ether oxygens (including phenoxy) is 1. The number of benzene rings is 2. The standard InChI is InChI=1S/C19H25NO3S/c1-5-15-7-9-17(10-8-15)14(3)20-24(21,22)18-11-12-19(23-4)16(6-2)13-18/h7-14,20H,5-6H2,1-4H3/t14-/m1/s1. The summed E-state index contributed by atoms with van der Waals surface area (Å²) in [6.45, 7) is 5.92. The van der Waals surface area contributed by atoms with E-state index in [0.717, 1.165) is 17.5 Å². The minimum atomic E-state index is -3.59. The molecule has 0 amide bonds. The van der Waals surface area contributed by atoms with Gasteiger partial charge >= 0.3 is 0 Å². The topological polar surface area (TPSA) is 55.4 Å². The number of nitrogens with one attached hydrogen (secondary N) is 1. The van der Waals surface area contributed by atoms with Crippen molar-refractivity contribution in [1.29, 1.82) is 0 Å². The van der Waals surface area contributed by atoms with Crippen molar-refractivity contribution >= 4 is 10.0 Å². The molecule has 0 aliphatic heterocycles. The maximum Gasteiger partial charge on any atom is 0.241 e.